The molecule has 0 fully saturated rings. The van der Waals surface area contributed by atoms with Crippen molar-refractivity contribution < 1.29 is 0 Å². The summed E-state index contributed by atoms with van der Waals surface area (Å²) in [6.07, 6.45) is 0. The molecule has 0 aromatic heterocycles. The summed E-state index contributed by atoms with van der Waals surface area (Å²) in [6, 6.07) is 34.7. The van der Waals surface area contributed by atoms with Crippen LogP contribution in [0.3, 0.4) is 0 Å². The Morgan fingerprint density at radius 3 is 1.33 bits per heavy atom. The molecule has 4 aromatic rings. The maximum Gasteiger partial charge on any atom is 0.0788 e. The zero-order valence-corrected chi connectivity index (χ0v) is 14.9. The van der Waals surface area contributed by atoms with Crippen molar-refractivity contribution in [3.05, 3.63) is 119 Å². The maximum atomic E-state index is 7.42. The van der Waals surface area contributed by atoms with Gasteiger partial charge in [0.05, 0.1) is 5.54 Å². The summed E-state index contributed by atoms with van der Waals surface area (Å²) in [5, 5.41) is 0. The summed E-state index contributed by atoms with van der Waals surface area (Å²) in [6.45, 7) is 0. The molecule has 1 heteroatoms. The molecular formula is C26H19N. The fraction of sp³-hybridized carbons (Fsp3) is 0.0769. The molecule has 0 radical (unpaired) electrons. The number of benzene rings is 4. The molecule has 1 nitrogen and oxygen atoms in total. The molecule has 4 aromatic carbocycles. The third-order valence-corrected chi connectivity index (χ3v) is 6.32. The van der Waals surface area contributed by atoms with E-state index in [4.69, 9.17) is 5.73 Å². The Kier molecular flexibility index (Phi) is 2.87. The Morgan fingerprint density at radius 2 is 0.852 bits per heavy atom. The van der Waals surface area contributed by atoms with Crippen molar-refractivity contribution in [3.8, 4) is 22.3 Å². The Hall–Kier alpha value is -3.16. The van der Waals surface area contributed by atoms with E-state index in [0.717, 1.165) is 0 Å². The molecule has 0 bridgehead atoms. The standard InChI is InChI=1S/C26H19N/c27-26(23-15-7-5-11-19(23)20-12-6-8-16-24(20)26)25-21-13-3-1-9-17(21)18-10-2-4-14-22(18)25/h1-16,25H,27H2. The molecule has 0 spiro atoms. The fourth-order valence-electron chi connectivity index (χ4n) is 5.26. The van der Waals surface area contributed by atoms with Gasteiger partial charge < -0.3 is 5.73 Å². The fourth-order valence-corrected chi connectivity index (χ4v) is 5.26. The first-order chi connectivity index (χ1) is 13.3. The molecule has 0 unspecified atom stereocenters. The normalized spacial score (nSPS) is 15.7. The second-order valence-electron chi connectivity index (χ2n) is 7.57. The van der Waals surface area contributed by atoms with Crippen LogP contribution in [0.15, 0.2) is 97.1 Å². The second-order valence-corrected chi connectivity index (χ2v) is 7.57. The molecule has 0 aliphatic heterocycles. The van der Waals surface area contributed by atoms with Gasteiger partial charge in [-0.1, -0.05) is 97.1 Å². The zero-order chi connectivity index (χ0) is 18.0. The molecule has 128 valence electrons. The van der Waals surface area contributed by atoms with Gasteiger partial charge in [0.2, 0.25) is 0 Å². The SMILES string of the molecule is NC1(C2c3ccccc3-c3ccccc32)c2ccccc2-c2ccccc21. The highest BCUT2D eigenvalue weighted by Crippen LogP contribution is 2.59. The van der Waals surface area contributed by atoms with Crippen LogP contribution in [0, 0.1) is 0 Å². The van der Waals surface area contributed by atoms with Crippen molar-refractivity contribution in [2.45, 2.75) is 11.5 Å². The Balaban J connectivity index is 1.73. The predicted molar refractivity (Wildman–Crippen MR) is 111 cm³/mol. The van der Waals surface area contributed by atoms with Crippen LogP contribution in [0.25, 0.3) is 22.3 Å². The van der Waals surface area contributed by atoms with E-state index in [9.17, 15) is 0 Å². The molecule has 0 heterocycles. The first-order valence-corrected chi connectivity index (χ1v) is 9.46. The van der Waals surface area contributed by atoms with E-state index in [1.807, 2.05) is 0 Å². The van der Waals surface area contributed by atoms with Crippen LogP contribution in [-0.4, -0.2) is 0 Å². The molecule has 2 N–H and O–H groups in total. The van der Waals surface area contributed by atoms with Gasteiger partial charge in [-0.2, -0.15) is 0 Å². The van der Waals surface area contributed by atoms with Crippen molar-refractivity contribution in [2.75, 3.05) is 0 Å². The summed E-state index contributed by atoms with van der Waals surface area (Å²) < 4.78 is 0. The first-order valence-electron chi connectivity index (χ1n) is 9.46. The molecule has 0 amide bonds. The average molecular weight is 345 g/mol. The number of rotatable bonds is 1. The molecule has 0 saturated carbocycles. The minimum atomic E-state index is -0.574. The van der Waals surface area contributed by atoms with Gasteiger partial charge in [0, 0.05) is 5.92 Å². The lowest BCUT2D eigenvalue weighted by Gasteiger charge is -2.35. The monoisotopic (exact) mass is 345 g/mol. The number of hydrogen-bond donors (Lipinski definition) is 1. The molecule has 2 aliphatic rings. The van der Waals surface area contributed by atoms with Crippen LogP contribution >= 0.6 is 0 Å². The first kappa shape index (κ1) is 15.0. The lowest BCUT2D eigenvalue weighted by molar-refractivity contribution is 0.490. The Morgan fingerprint density at radius 1 is 0.481 bits per heavy atom. The van der Waals surface area contributed by atoms with E-state index >= 15 is 0 Å². The van der Waals surface area contributed by atoms with Gasteiger partial charge >= 0.3 is 0 Å². The molecule has 27 heavy (non-hydrogen) atoms. The van der Waals surface area contributed by atoms with E-state index < -0.39 is 5.54 Å². The highest BCUT2D eigenvalue weighted by molar-refractivity contribution is 5.86. The second kappa shape index (κ2) is 5.18. The van der Waals surface area contributed by atoms with Gasteiger partial charge in [-0.05, 0) is 44.5 Å². The lowest BCUT2D eigenvalue weighted by Crippen LogP contribution is -2.42. The van der Waals surface area contributed by atoms with Gasteiger partial charge in [0.25, 0.3) is 0 Å². The quantitative estimate of drug-likeness (QED) is 0.472. The van der Waals surface area contributed by atoms with Crippen LogP contribution in [-0.2, 0) is 5.54 Å². The molecule has 0 atom stereocenters. The van der Waals surface area contributed by atoms with Crippen LogP contribution in [0.4, 0.5) is 0 Å². The van der Waals surface area contributed by atoms with E-state index in [1.165, 1.54) is 44.5 Å². The summed E-state index contributed by atoms with van der Waals surface area (Å²) in [5.41, 5.74) is 17.1. The van der Waals surface area contributed by atoms with Gasteiger partial charge in [-0.15, -0.1) is 0 Å². The largest absolute Gasteiger partial charge is 0.317 e. The summed E-state index contributed by atoms with van der Waals surface area (Å²) in [4.78, 5) is 0. The van der Waals surface area contributed by atoms with Crippen molar-refractivity contribution in [2.24, 2.45) is 5.73 Å². The number of nitrogens with two attached hydrogens (primary N) is 1. The Bertz CT molecular complexity index is 1110. The van der Waals surface area contributed by atoms with Gasteiger partial charge in [0.15, 0.2) is 0 Å². The Labute approximate surface area is 159 Å². The van der Waals surface area contributed by atoms with Crippen LogP contribution in [0.1, 0.15) is 28.2 Å². The van der Waals surface area contributed by atoms with Crippen molar-refractivity contribution >= 4 is 0 Å². The van der Waals surface area contributed by atoms with Crippen LogP contribution < -0.4 is 5.73 Å². The number of fused-ring (bicyclic) bond motifs is 6. The van der Waals surface area contributed by atoms with Crippen molar-refractivity contribution in [1.82, 2.24) is 0 Å². The topological polar surface area (TPSA) is 26.0 Å². The molecular weight excluding hydrogens is 326 g/mol. The van der Waals surface area contributed by atoms with Gasteiger partial charge in [0.1, 0.15) is 0 Å². The van der Waals surface area contributed by atoms with Crippen LogP contribution in [0.5, 0.6) is 0 Å². The molecule has 6 rings (SSSR count). The summed E-state index contributed by atoms with van der Waals surface area (Å²) >= 11 is 0. The van der Waals surface area contributed by atoms with Gasteiger partial charge in [-0.3, -0.25) is 0 Å². The highest BCUT2D eigenvalue weighted by atomic mass is 14.8. The van der Waals surface area contributed by atoms with E-state index in [0.29, 0.717) is 0 Å². The third-order valence-electron chi connectivity index (χ3n) is 6.32. The zero-order valence-electron chi connectivity index (χ0n) is 14.9. The van der Waals surface area contributed by atoms with Crippen molar-refractivity contribution in [1.29, 1.82) is 0 Å². The molecule has 0 saturated heterocycles. The van der Waals surface area contributed by atoms with E-state index in [2.05, 4.69) is 97.1 Å². The van der Waals surface area contributed by atoms with Crippen molar-refractivity contribution in [3.63, 3.8) is 0 Å². The minimum absolute atomic E-state index is 0.106. The minimum Gasteiger partial charge on any atom is -0.317 e. The third kappa shape index (κ3) is 1.77. The van der Waals surface area contributed by atoms with Gasteiger partial charge in [-0.25, -0.2) is 0 Å². The lowest BCUT2D eigenvalue weighted by atomic mass is 9.72. The highest BCUT2D eigenvalue weighted by Gasteiger charge is 2.49. The van der Waals surface area contributed by atoms with E-state index in [-0.39, 0.29) is 5.92 Å². The van der Waals surface area contributed by atoms with Crippen LogP contribution in [0.2, 0.25) is 0 Å². The smallest absolute Gasteiger partial charge is 0.0788 e. The van der Waals surface area contributed by atoms with E-state index in [1.54, 1.807) is 0 Å². The maximum absolute atomic E-state index is 7.42. The predicted octanol–water partition coefficient (Wildman–Crippen LogP) is 5.68. The average Bonchev–Trinajstić information content (AvgIpc) is 3.20. The number of hydrogen-bond acceptors (Lipinski definition) is 1. The molecule has 2 aliphatic carbocycles. The summed E-state index contributed by atoms with van der Waals surface area (Å²) in [7, 11) is 0. The summed E-state index contributed by atoms with van der Waals surface area (Å²) in [5.74, 6) is 0.106.